The highest BCUT2D eigenvalue weighted by molar-refractivity contribution is 7.93. The van der Waals surface area contributed by atoms with Crippen molar-refractivity contribution >= 4 is 47.2 Å². The van der Waals surface area contributed by atoms with E-state index in [4.69, 9.17) is 10.7 Å². The molecule has 30 heavy (non-hydrogen) atoms. The van der Waals surface area contributed by atoms with Crippen LogP contribution in [0.2, 0.25) is 0 Å². The van der Waals surface area contributed by atoms with Crippen molar-refractivity contribution in [2.75, 3.05) is 5.75 Å². The fraction of sp³-hybridized carbons (Fsp3) is 0.391. The molecule has 1 aromatic heterocycles. The number of nitrogens with zero attached hydrogens (tertiary/aromatic N) is 1. The van der Waals surface area contributed by atoms with Crippen LogP contribution in [-0.2, 0) is 15.4 Å². The Hall–Kier alpha value is -2.43. The number of nitrogens with one attached hydrogen (secondary N) is 2. The van der Waals surface area contributed by atoms with E-state index >= 15 is 0 Å². The molecule has 1 aliphatic carbocycles. The zero-order valence-corrected chi connectivity index (χ0v) is 18.7. The second-order valence-corrected chi connectivity index (χ2v) is 12.9. The largest absolute Gasteiger partial charge is 0.362 e. The predicted molar refractivity (Wildman–Crippen MR) is 122 cm³/mol. The first-order valence-electron chi connectivity index (χ1n) is 10.0. The molecule has 0 bridgehead atoms. The van der Waals surface area contributed by atoms with Crippen LogP contribution in [0.25, 0.3) is 20.2 Å². The second-order valence-electron chi connectivity index (χ2n) is 9.25. The van der Waals surface area contributed by atoms with E-state index in [0.717, 1.165) is 27.5 Å². The molecule has 0 radical (unpaired) electrons. The van der Waals surface area contributed by atoms with Gasteiger partial charge in [0.15, 0.2) is 9.84 Å². The normalized spacial score (nSPS) is 29.5. The predicted octanol–water partition coefficient (Wildman–Crippen LogP) is 4.67. The Morgan fingerprint density at radius 2 is 1.90 bits per heavy atom. The van der Waals surface area contributed by atoms with E-state index in [9.17, 15) is 8.42 Å². The van der Waals surface area contributed by atoms with Gasteiger partial charge in [-0.2, -0.15) is 5.26 Å². The monoisotopic (exact) mass is 437 g/mol. The Balaban J connectivity index is 1.59. The summed E-state index contributed by atoms with van der Waals surface area (Å²) in [5.41, 5.74) is 1.25. The fourth-order valence-corrected chi connectivity index (χ4v) is 7.26. The third-order valence-electron chi connectivity index (χ3n) is 6.78. The number of rotatable bonds is 2. The molecule has 2 unspecified atom stereocenters. The lowest BCUT2D eigenvalue weighted by Crippen LogP contribution is -2.63. The van der Waals surface area contributed by atoms with Gasteiger partial charge in [-0.15, -0.1) is 11.3 Å². The van der Waals surface area contributed by atoms with Crippen LogP contribution in [-0.4, -0.2) is 24.8 Å². The first-order valence-corrected chi connectivity index (χ1v) is 12.5. The van der Waals surface area contributed by atoms with E-state index in [2.05, 4.69) is 35.7 Å². The summed E-state index contributed by atoms with van der Waals surface area (Å²) in [6, 6.07) is 14.9. The van der Waals surface area contributed by atoms with Gasteiger partial charge in [0, 0.05) is 26.1 Å². The molecule has 5 rings (SSSR count). The van der Waals surface area contributed by atoms with Crippen LogP contribution in [0, 0.1) is 22.7 Å². The van der Waals surface area contributed by atoms with Crippen molar-refractivity contribution in [1.82, 2.24) is 5.32 Å². The van der Waals surface area contributed by atoms with Crippen LogP contribution in [0.4, 0.5) is 0 Å². The summed E-state index contributed by atoms with van der Waals surface area (Å²) in [6.07, 6.45) is 0.942. The highest BCUT2D eigenvalue weighted by atomic mass is 32.2. The molecule has 2 fully saturated rings. The summed E-state index contributed by atoms with van der Waals surface area (Å²) in [6.45, 7) is 5.03. The minimum absolute atomic E-state index is 0.0349. The molecule has 1 aliphatic heterocycles. The number of sulfone groups is 1. The zero-order valence-electron chi connectivity index (χ0n) is 17.1. The van der Waals surface area contributed by atoms with Crippen LogP contribution in [0.1, 0.15) is 44.2 Å². The highest BCUT2D eigenvalue weighted by Crippen LogP contribution is 2.48. The van der Waals surface area contributed by atoms with E-state index in [1.165, 1.54) is 10.3 Å². The van der Waals surface area contributed by atoms with Crippen molar-refractivity contribution < 1.29 is 8.42 Å². The quantitative estimate of drug-likeness (QED) is 0.609. The van der Waals surface area contributed by atoms with E-state index < -0.39 is 20.1 Å². The first kappa shape index (κ1) is 19.5. The molecule has 0 spiro atoms. The molecule has 2 aliphatic rings. The topological polar surface area (TPSA) is 93.8 Å². The standard InChI is InChI=1S/C23H23N3O2S2/c1-22(2)21(25)26-23(3,12-30(22,27)28)15-5-7-19-18(10-15)16-6-4-13(9-20(16)29-19)17-8-14(17)11-24/h4-7,9-10,14,17H,8,12H2,1-3H3,(H2,25,26)/t14?,17?,23-/m0/s1. The number of thiophene rings is 1. The molecule has 5 nitrogen and oxygen atoms in total. The van der Waals surface area contributed by atoms with Crippen molar-refractivity contribution in [3.63, 3.8) is 0 Å². The van der Waals surface area contributed by atoms with Crippen molar-refractivity contribution in [2.24, 2.45) is 5.92 Å². The second kappa shape index (κ2) is 6.05. The Kier molecular flexibility index (Phi) is 3.94. The third-order valence-corrected chi connectivity index (χ3v) is 10.6. The Labute approximate surface area is 180 Å². The van der Waals surface area contributed by atoms with Gasteiger partial charge in [-0.05, 0) is 56.5 Å². The number of nitriles is 1. The molecule has 3 atom stereocenters. The summed E-state index contributed by atoms with van der Waals surface area (Å²) in [7, 11) is -3.48. The Morgan fingerprint density at radius 1 is 1.13 bits per heavy atom. The molecule has 1 saturated heterocycles. The average molecular weight is 438 g/mol. The van der Waals surface area contributed by atoms with Gasteiger partial charge < -0.3 is 5.32 Å². The molecule has 2 N–H and O–H groups in total. The van der Waals surface area contributed by atoms with Gasteiger partial charge in [-0.1, -0.05) is 18.2 Å². The van der Waals surface area contributed by atoms with E-state index in [0.29, 0.717) is 5.92 Å². The SMILES string of the molecule is CC1(C)C(=N)N[C@](C)(c2ccc3sc4cc(C5CC5C#N)ccc4c3c2)CS1(=O)=O. The molecule has 7 heteroatoms. The smallest absolute Gasteiger partial charge is 0.165 e. The van der Waals surface area contributed by atoms with Crippen LogP contribution >= 0.6 is 11.3 Å². The highest BCUT2D eigenvalue weighted by Gasteiger charge is 2.50. The molecular formula is C23H23N3O2S2. The van der Waals surface area contributed by atoms with Crippen molar-refractivity contribution in [2.45, 2.75) is 43.4 Å². The van der Waals surface area contributed by atoms with Crippen molar-refractivity contribution in [3.8, 4) is 6.07 Å². The number of fused-ring (bicyclic) bond motifs is 3. The zero-order chi connectivity index (χ0) is 21.5. The lowest BCUT2D eigenvalue weighted by molar-refractivity contribution is 0.443. The summed E-state index contributed by atoms with van der Waals surface area (Å²) in [5, 5.41) is 22.9. The number of hydrogen-bond acceptors (Lipinski definition) is 5. The lowest BCUT2D eigenvalue weighted by Gasteiger charge is -2.43. The van der Waals surface area contributed by atoms with E-state index in [1.54, 1.807) is 25.2 Å². The average Bonchev–Trinajstić information content (AvgIpc) is 3.38. The van der Waals surface area contributed by atoms with E-state index in [1.807, 2.05) is 19.1 Å². The number of hydrogen-bond donors (Lipinski definition) is 2. The third kappa shape index (κ3) is 2.70. The van der Waals surface area contributed by atoms with Gasteiger partial charge in [0.1, 0.15) is 10.6 Å². The van der Waals surface area contributed by atoms with Gasteiger partial charge in [-0.25, -0.2) is 8.42 Å². The minimum atomic E-state index is -3.48. The number of benzene rings is 2. The molecule has 2 aromatic carbocycles. The maximum absolute atomic E-state index is 12.9. The Bertz CT molecular complexity index is 1380. The van der Waals surface area contributed by atoms with Gasteiger partial charge in [0.2, 0.25) is 0 Å². The number of amidine groups is 1. The summed E-state index contributed by atoms with van der Waals surface area (Å²) >= 11 is 1.72. The summed E-state index contributed by atoms with van der Waals surface area (Å²) in [5.74, 6) is 0.477. The maximum Gasteiger partial charge on any atom is 0.165 e. The van der Waals surface area contributed by atoms with E-state index in [-0.39, 0.29) is 17.5 Å². The van der Waals surface area contributed by atoms with Gasteiger partial charge in [0.25, 0.3) is 0 Å². The van der Waals surface area contributed by atoms with Crippen molar-refractivity contribution in [1.29, 1.82) is 10.7 Å². The summed E-state index contributed by atoms with van der Waals surface area (Å²) in [4.78, 5) is 0. The molecule has 154 valence electrons. The fourth-order valence-electron chi connectivity index (χ4n) is 4.41. The van der Waals surface area contributed by atoms with Crippen LogP contribution in [0.5, 0.6) is 0 Å². The van der Waals surface area contributed by atoms with Crippen LogP contribution < -0.4 is 5.32 Å². The molecule has 2 heterocycles. The lowest BCUT2D eigenvalue weighted by atomic mass is 9.91. The molecule has 3 aromatic rings. The van der Waals surface area contributed by atoms with Gasteiger partial charge >= 0.3 is 0 Å². The molecule has 1 saturated carbocycles. The maximum atomic E-state index is 12.9. The molecule has 0 amide bonds. The first-order chi connectivity index (χ1) is 14.1. The summed E-state index contributed by atoms with van der Waals surface area (Å²) < 4.78 is 26.9. The van der Waals surface area contributed by atoms with Gasteiger partial charge in [-0.3, -0.25) is 5.41 Å². The van der Waals surface area contributed by atoms with Crippen LogP contribution in [0.3, 0.4) is 0 Å². The van der Waals surface area contributed by atoms with Crippen molar-refractivity contribution in [3.05, 3.63) is 47.5 Å². The molecular weight excluding hydrogens is 414 g/mol. The Morgan fingerprint density at radius 3 is 2.57 bits per heavy atom. The van der Waals surface area contributed by atoms with Gasteiger partial charge in [0.05, 0.1) is 23.3 Å². The van der Waals surface area contributed by atoms with Crippen LogP contribution in [0.15, 0.2) is 36.4 Å². The minimum Gasteiger partial charge on any atom is -0.362 e.